The molecule has 2 N–H and O–H groups in total. The first kappa shape index (κ1) is 6.92. The minimum atomic E-state index is 0.0676. The van der Waals surface area contributed by atoms with Gasteiger partial charge >= 0.3 is 6.08 Å². The summed E-state index contributed by atoms with van der Waals surface area (Å²) in [5, 5.41) is 0. The second-order valence-corrected chi connectivity index (χ2v) is 2.20. The molecule has 0 fully saturated rings. The van der Waals surface area contributed by atoms with Crippen molar-refractivity contribution in [2.24, 2.45) is 0 Å². The number of nitrogen functional groups attached to an aromatic ring is 1. The molecule has 0 amide bonds. The molecule has 4 heteroatoms. The van der Waals surface area contributed by atoms with E-state index in [9.17, 15) is 0 Å². The number of hydrogen-bond donors (Lipinski definition) is 1. The maximum Gasteiger partial charge on any atom is 0.395 e. The van der Waals surface area contributed by atoms with Gasteiger partial charge < -0.3 is 14.9 Å². The van der Waals surface area contributed by atoms with E-state index in [1.54, 1.807) is 0 Å². The van der Waals surface area contributed by atoms with Crippen molar-refractivity contribution in [2.45, 2.75) is 20.0 Å². The number of ether oxygens (including phenoxy) is 1. The van der Waals surface area contributed by atoms with Crippen LogP contribution in [0.5, 0.6) is 6.08 Å². The van der Waals surface area contributed by atoms with Gasteiger partial charge in [0, 0.05) is 0 Å². The summed E-state index contributed by atoms with van der Waals surface area (Å²) >= 11 is 0. The van der Waals surface area contributed by atoms with E-state index in [-0.39, 0.29) is 18.1 Å². The van der Waals surface area contributed by atoms with Crippen LogP contribution in [0.3, 0.4) is 0 Å². The third-order valence-corrected chi connectivity index (χ3v) is 0.839. The lowest BCUT2D eigenvalue weighted by Gasteiger charge is -2.02. The van der Waals surface area contributed by atoms with Crippen LogP contribution in [0.1, 0.15) is 13.8 Å². The van der Waals surface area contributed by atoms with Crippen molar-refractivity contribution >= 4 is 5.88 Å². The first-order valence-corrected chi connectivity index (χ1v) is 3.06. The van der Waals surface area contributed by atoms with Gasteiger partial charge in [-0.3, -0.25) is 0 Å². The molecule has 56 valence electrons. The van der Waals surface area contributed by atoms with Gasteiger partial charge in [0.25, 0.3) is 0 Å². The Balaban J connectivity index is 2.58. The predicted molar refractivity (Wildman–Crippen MR) is 36.7 cm³/mol. The van der Waals surface area contributed by atoms with Crippen LogP contribution in [0.15, 0.2) is 10.6 Å². The lowest BCUT2D eigenvalue weighted by Crippen LogP contribution is -2.05. The summed E-state index contributed by atoms with van der Waals surface area (Å²) in [6.45, 7) is 3.78. The molecule has 0 unspecified atom stereocenters. The van der Waals surface area contributed by atoms with Crippen molar-refractivity contribution in [3.8, 4) is 6.08 Å². The minimum absolute atomic E-state index is 0.0676. The molecular weight excluding hydrogens is 132 g/mol. The highest BCUT2D eigenvalue weighted by Crippen LogP contribution is 2.13. The van der Waals surface area contributed by atoms with Gasteiger partial charge in [0.15, 0.2) is 0 Å². The molecule has 0 aromatic carbocycles. The molecular formula is C6H10N2O2. The van der Waals surface area contributed by atoms with E-state index in [0.29, 0.717) is 0 Å². The van der Waals surface area contributed by atoms with Crippen LogP contribution in [-0.4, -0.2) is 11.1 Å². The number of nitrogens with two attached hydrogens (primary N) is 1. The molecule has 0 spiro atoms. The van der Waals surface area contributed by atoms with Gasteiger partial charge in [0.05, 0.1) is 12.3 Å². The second-order valence-electron chi connectivity index (χ2n) is 2.20. The van der Waals surface area contributed by atoms with Crippen molar-refractivity contribution in [1.29, 1.82) is 0 Å². The fraction of sp³-hybridized carbons (Fsp3) is 0.500. The van der Waals surface area contributed by atoms with E-state index in [1.165, 1.54) is 6.20 Å². The van der Waals surface area contributed by atoms with Crippen molar-refractivity contribution in [3.63, 3.8) is 0 Å². The summed E-state index contributed by atoms with van der Waals surface area (Å²) in [5.74, 6) is 0.274. The summed E-state index contributed by atoms with van der Waals surface area (Å²) in [4.78, 5) is 3.74. The fourth-order valence-corrected chi connectivity index (χ4v) is 0.526. The van der Waals surface area contributed by atoms with Gasteiger partial charge in [-0.1, -0.05) is 0 Å². The lowest BCUT2D eigenvalue weighted by atomic mass is 10.5. The predicted octanol–water partition coefficient (Wildman–Crippen LogP) is 1.04. The molecule has 0 aliphatic rings. The smallest absolute Gasteiger partial charge is 0.395 e. The van der Waals surface area contributed by atoms with Crippen LogP contribution in [0.25, 0.3) is 0 Å². The Labute approximate surface area is 59.0 Å². The molecule has 0 radical (unpaired) electrons. The first-order valence-electron chi connectivity index (χ1n) is 3.06. The SMILES string of the molecule is CC(C)Oc1ncc(N)o1. The Bertz CT molecular complexity index is 207. The molecule has 0 saturated carbocycles. The average Bonchev–Trinajstić information content (AvgIpc) is 2.13. The molecule has 0 saturated heterocycles. The van der Waals surface area contributed by atoms with Crippen molar-refractivity contribution in [3.05, 3.63) is 6.20 Å². The Kier molecular flexibility index (Phi) is 1.80. The number of oxazole rings is 1. The van der Waals surface area contributed by atoms with Crippen LogP contribution in [0.4, 0.5) is 5.88 Å². The number of aromatic nitrogens is 1. The molecule has 10 heavy (non-hydrogen) atoms. The third-order valence-electron chi connectivity index (χ3n) is 0.839. The molecule has 0 atom stereocenters. The zero-order valence-corrected chi connectivity index (χ0v) is 6.00. The van der Waals surface area contributed by atoms with Crippen LogP contribution >= 0.6 is 0 Å². The van der Waals surface area contributed by atoms with E-state index in [4.69, 9.17) is 14.9 Å². The third kappa shape index (κ3) is 1.65. The average molecular weight is 142 g/mol. The maximum atomic E-state index is 5.25. The van der Waals surface area contributed by atoms with Crippen LogP contribution < -0.4 is 10.5 Å². The van der Waals surface area contributed by atoms with Gasteiger partial charge in [-0.2, -0.15) is 4.98 Å². The summed E-state index contributed by atoms with van der Waals surface area (Å²) in [5.41, 5.74) is 5.25. The van der Waals surface area contributed by atoms with Crippen LogP contribution in [0, 0.1) is 0 Å². The number of rotatable bonds is 2. The van der Waals surface area contributed by atoms with E-state index < -0.39 is 0 Å². The van der Waals surface area contributed by atoms with Gasteiger partial charge in [-0.05, 0) is 13.8 Å². The largest absolute Gasteiger partial charge is 0.447 e. The summed E-state index contributed by atoms with van der Waals surface area (Å²) in [6, 6.07) is 0. The Morgan fingerprint density at radius 2 is 2.40 bits per heavy atom. The number of nitrogens with zero attached hydrogens (tertiary/aromatic N) is 1. The summed E-state index contributed by atoms with van der Waals surface area (Å²) < 4.78 is 9.92. The lowest BCUT2D eigenvalue weighted by molar-refractivity contribution is 0.178. The number of hydrogen-bond acceptors (Lipinski definition) is 4. The van der Waals surface area contributed by atoms with Crippen LogP contribution in [0.2, 0.25) is 0 Å². The van der Waals surface area contributed by atoms with E-state index in [2.05, 4.69) is 4.98 Å². The highest BCUT2D eigenvalue weighted by atomic mass is 16.6. The van der Waals surface area contributed by atoms with E-state index >= 15 is 0 Å². The molecule has 0 aliphatic carbocycles. The standard InChI is InChI=1S/C6H10N2O2/c1-4(2)9-6-8-3-5(7)10-6/h3-4H,7H2,1-2H3. The molecule has 0 aliphatic heterocycles. The second kappa shape index (κ2) is 2.60. The van der Waals surface area contributed by atoms with Crippen molar-refractivity contribution in [1.82, 2.24) is 4.98 Å². The van der Waals surface area contributed by atoms with Crippen LogP contribution in [-0.2, 0) is 0 Å². The first-order chi connectivity index (χ1) is 4.68. The minimum Gasteiger partial charge on any atom is -0.447 e. The Hall–Kier alpha value is -1.19. The summed E-state index contributed by atoms with van der Waals surface area (Å²) in [6.07, 6.45) is 1.71. The maximum absolute atomic E-state index is 5.25. The number of anilines is 1. The Morgan fingerprint density at radius 1 is 1.70 bits per heavy atom. The van der Waals surface area contributed by atoms with Gasteiger partial charge in [0.1, 0.15) is 0 Å². The Morgan fingerprint density at radius 3 is 2.80 bits per heavy atom. The zero-order chi connectivity index (χ0) is 7.56. The molecule has 0 bridgehead atoms. The van der Waals surface area contributed by atoms with Crippen molar-refractivity contribution < 1.29 is 9.15 Å². The van der Waals surface area contributed by atoms with E-state index in [0.717, 1.165) is 0 Å². The van der Waals surface area contributed by atoms with Gasteiger partial charge in [-0.25, -0.2) is 0 Å². The quantitative estimate of drug-likeness (QED) is 0.670. The van der Waals surface area contributed by atoms with Crippen molar-refractivity contribution in [2.75, 3.05) is 5.73 Å². The monoisotopic (exact) mass is 142 g/mol. The molecule has 4 nitrogen and oxygen atoms in total. The van der Waals surface area contributed by atoms with Gasteiger partial charge in [0.2, 0.25) is 5.88 Å². The fourth-order valence-electron chi connectivity index (χ4n) is 0.526. The van der Waals surface area contributed by atoms with E-state index in [1.807, 2.05) is 13.8 Å². The summed E-state index contributed by atoms with van der Waals surface area (Å²) in [7, 11) is 0. The zero-order valence-electron chi connectivity index (χ0n) is 6.00. The highest BCUT2D eigenvalue weighted by molar-refractivity contribution is 5.19. The molecule has 1 aromatic rings. The highest BCUT2D eigenvalue weighted by Gasteiger charge is 2.02. The molecule has 1 heterocycles. The topological polar surface area (TPSA) is 61.3 Å². The van der Waals surface area contributed by atoms with Gasteiger partial charge in [-0.15, -0.1) is 0 Å². The molecule has 1 aromatic heterocycles. The normalized spacial score (nSPS) is 10.3. The molecule has 1 rings (SSSR count).